The lowest BCUT2D eigenvalue weighted by Crippen LogP contribution is -2.18. The van der Waals surface area contributed by atoms with Gasteiger partial charge in [-0.05, 0) is 55.2 Å². The van der Waals surface area contributed by atoms with Gasteiger partial charge < -0.3 is 9.47 Å². The highest BCUT2D eigenvalue weighted by Crippen LogP contribution is 2.19. The Bertz CT molecular complexity index is 632. The van der Waals surface area contributed by atoms with Crippen molar-refractivity contribution in [3.63, 3.8) is 0 Å². The molecule has 0 saturated heterocycles. The second-order valence-electron chi connectivity index (χ2n) is 4.97. The van der Waals surface area contributed by atoms with Crippen LogP contribution in [0, 0.1) is 13.8 Å². The molecule has 0 heterocycles. The molecule has 0 saturated carbocycles. The first-order valence-corrected chi connectivity index (χ1v) is 7.08. The van der Waals surface area contributed by atoms with Gasteiger partial charge in [-0.25, -0.2) is 4.79 Å². The van der Waals surface area contributed by atoms with Crippen LogP contribution in [0.15, 0.2) is 42.5 Å². The van der Waals surface area contributed by atoms with Crippen molar-refractivity contribution < 1.29 is 14.3 Å². The first-order chi connectivity index (χ1) is 10.1. The number of para-hydroxylation sites is 1. The first-order valence-electron chi connectivity index (χ1n) is 7.08. The lowest BCUT2D eigenvalue weighted by molar-refractivity contribution is -0.136. The van der Waals surface area contributed by atoms with E-state index in [1.807, 2.05) is 50.2 Å². The zero-order chi connectivity index (χ0) is 15.2. The first kappa shape index (κ1) is 15.1. The van der Waals surface area contributed by atoms with Gasteiger partial charge in [-0.1, -0.05) is 31.2 Å². The van der Waals surface area contributed by atoms with Crippen molar-refractivity contribution in [3.05, 3.63) is 59.2 Å². The van der Waals surface area contributed by atoms with Gasteiger partial charge in [0.25, 0.3) is 0 Å². The van der Waals surface area contributed by atoms with Gasteiger partial charge in [0.2, 0.25) is 0 Å². The van der Waals surface area contributed by atoms with Gasteiger partial charge in [-0.2, -0.15) is 0 Å². The van der Waals surface area contributed by atoms with E-state index >= 15 is 0 Å². The number of hydrogen-bond donors (Lipinski definition) is 0. The zero-order valence-electron chi connectivity index (χ0n) is 12.7. The summed E-state index contributed by atoms with van der Waals surface area (Å²) in [5, 5.41) is 0. The fourth-order valence-corrected chi connectivity index (χ4v) is 2.01. The van der Waals surface area contributed by atoms with E-state index in [2.05, 4.69) is 6.92 Å². The Kier molecular flexibility index (Phi) is 4.99. The molecule has 2 aromatic carbocycles. The Balaban J connectivity index is 1.94. The maximum absolute atomic E-state index is 11.8. The standard InChI is InChI=1S/C18H20O3/c1-4-15-7-5-6-8-17(15)20-12-18(19)21-16-10-9-13(2)14(3)11-16/h5-11H,4,12H2,1-3H3. The monoisotopic (exact) mass is 284 g/mol. The third kappa shape index (κ3) is 4.09. The molecule has 0 atom stereocenters. The van der Waals surface area contributed by atoms with Gasteiger partial charge >= 0.3 is 5.97 Å². The molecule has 0 spiro atoms. The Hall–Kier alpha value is -2.29. The highest BCUT2D eigenvalue weighted by Gasteiger charge is 2.08. The molecule has 110 valence electrons. The number of carbonyl (C=O) groups is 1. The number of benzene rings is 2. The molecule has 21 heavy (non-hydrogen) atoms. The molecule has 0 unspecified atom stereocenters. The van der Waals surface area contributed by atoms with Gasteiger partial charge in [-0.15, -0.1) is 0 Å². The number of carbonyl (C=O) groups excluding carboxylic acids is 1. The Labute approximate surface area is 125 Å². The Morgan fingerprint density at radius 1 is 1.05 bits per heavy atom. The predicted octanol–water partition coefficient (Wildman–Crippen LogP) is 3.85. The van der Waals surface area contributed by atoms with Crippen LogP contribution in [-0.4, -0.2) is 12.6 Å². The molecule has 3 nitrogen and oxygen atoms in total. The zero-order valence-corrected chi connectivity index (χ0v) is 12.7. The molecule has 0 N–H and O–H groups in total. The molecule has 2 rings (SSSR count). The van der Waals surface area contributed by atoms with Crippen molar-refractivity contribution in [2.45, 2.75) is 27.2 Å². The SMILES string of the molecule is CCc1ccccc1OCC(=O)Oc1ccc(C)c(C)c1. The highest BCUT2D eigenvalue weighted by molar-refractivity contribution is 5.74. The fourth-order valence-electron chi connectivity index (χ4n) is 2.01. The average molecular weight is 284 g/mol. The summed E-state index contributed by atoms with van der Waals surface area (Å²) in [5.41, 5.74) is 3.34. The molecule has 0 aliphatic heterocycles. The highest BCUT2D eigenvalue weighted by atomic mass is 16.6. The van der Waals surface area contributed by atoms with Crippen LogP contribution in [0.5, 0.6) is 11.5 Å². The van der Waals surface area contributed by atoms with Crippen molar-refractivity contribution in [1.29, 1.82) is 0 Å². The predicted molar refractivity (Wildman–Crippen MR) is 82.9 cm³/mol. The molecule has 2 aromatic rings. The maximum atomic E-state index is 11.8. The fraction of sp³-hybridized carbons (Fsp3) is 0.278. The second kappa shape index (κ2) is 6.93. The third-order valence-electron chi connectivity index (χ3n) is 3.41. The van der Waals surface area contributed by atoms with Crippen LogP contribution in [0.25, 0.3) is 0 Å². The van der Waals surface area contributed by atoms with Gasteiger partial charge in [0, 0.05) is 0 Å². The summed E-state index contributed by atoms with van der Waals surface area (Å²) in [4.78, 5) is 11.8. The number of ether oxygens (including phenoxy) is 2. The lowest BCUT2D eigenvalue weighted by Gasteiger charge is -2.10. The summed E-state index contributed by atoms with van der Waals surface area (Å²) in [6.45, 7) is 5.96. The van der Waals surface area contributed by atoms with Gasteiger partial charge in [0.1, 0.15) is 11.5 Å². The van der Waals surface area contributed by atoms with Gasteiger partial charge in [0.15, 0.2) is 6.61 Å². The van der Waals surface area contributed by atoms with Crippen molar-refractivity contribution in [1.82, 2.24) is 0 Å². The van der Waals surface area contributed by atoms with E-state index in [4.69, 9.17) is 9.47 Å². The molecular weight excluding hydrogens is 264 g/mol. The molecule has 0 aliphatic carbocycles. The average Bonchev–Trinajstić information content (AvgIpc) is 2.49. The van der Waals surface area contributed by atoms with E-state index in [0.717, 1.165) is 23.3 Å². The van der Waals surface area contributed by atoms with Crippen LogP contribution in [0.4, 0.5) is 0 Å². The van der Waals surface area contributed by atoms with Crippen molar-refractivity contribution >= 4 is 5.97 Å². The van der Waals surface area contributed by atoms with E-state index in [1.165, 1.54) is 5.56 Å². The summed E-state index contributed by atoms with van der Waals surface area (Å²) in [6.07, 6.45) is 0.863. The van der Waals surface area contributed by atoms with E-state index in [9.17, 15) is 4.79 Å². The number of hydrogen-bond acceptors (Lipinski definition) is 3. The Morgan fingerprint density at radius 3 is 2.52 bits per heavy atom. The summed E-state index contributed by atoms with van der Waals surface area (Å²) < 4.78 is 10.8. The summed E-state index contributed by atoms with van der Waals surface area (Å²) in [5.74, 6) is 0.886. The second-order valence-corrected chi connectivity index (χ2v) is 4.97. The molecule has 0 bridgehead atoms. The van der Waals surface area contributed by atoms with Gasteiger partial charge in [0.05, 0.1) is 0 Å². The number of esters is 1. The van der Waals surface area contributed by atoms with Crippen LogP contribution < -0.4 is 9.47 Å². The van der Waals surface area contributed by atoms with Crippen LogP contribution >= 0.6 is 0 Å². The van der Waals surface area contributed by atoms with Gasteiger partial charge in [-0.3, -0.25) is 0 Å². The quantitative estimate of drug-likeness (QED) is 0.618. The topological polar surface area (TPSA) is 35.5 Å². The van der Waals surface area contributed by atoms with Crippen LogP contribution in [0.3, 0.4) is 0 Å². The van der Waals surface area contributed by atoms with Crippen molar-refractivity contribution in [3.8, 4) is 11.5 Å². The summed E-state index contributed by atoms with van der Waals surface area (Å²) >= 11 is 0. The lowest BCUT2D eigenvalue weighted by atomic mass is 10.1. The third-order valence-corrected chi connectivity index (χ3v) is 3.41. The summed E-state index contributed by atoms with van der Waals surface area (Å²) in [6, 6.07) is 13.3. The summed E-state index contributed by atoms with van der Waals surface area (Å²) in [7, 11) is 0. The molecule has 3 heteroatoms. The minimum Gasteiger partial charge on any atom is -0.482 e. The minimum atomic E-state index is -0.399. The van der Waals surface area contributed by atoms with Crippen molar-refractivity contribution in [2.24, 2.45) is 0 Å². The van der Waals surface area contributed by atoms with E-state index in [1.54, 1.807) is 6.07 Å². The van der Waals surface area contributed by atoms with E-state index in [-0.39, 0.29) is 6.61 Å². The van der Waals surface area contributed by atoms with Crippen molar-refractivity contribution in [2.75, 3.05) is 6.61 Å². The molecule has 0 fully saturated rings. The van der Waals surface area contributed by atoms with E-state index < -0.39 is 5.97 Å². The Morgan fingerprint density at radius 2 is 1.81 bits per heavy atom. The van der Waals surface area contributed by atoms with Crippen LogP contribution in [-0.2, 0) is 11.2 Å². The number of rotatable bonds is 5. The largest absolute Gasteiger partial charge is 0.482 e. The number of aryl methyl sites for hydroxylation is 3. The maximum Gasteiger partial charge on any atom is 0.349 e. The van der Waals surface area contributed by atoms with Crippen LogP contribution in [0.1, 0.15) is 23.6 Å². The molecule has 0 aliphatic rings. The molecular formula is C18H20O3. The molecule has 0 aromatic heterocycles. The minimum absolute atomic E-state index is 0.0933. The van der Waals surface area contributed by atoms with Crippen LogP contribution in [0.2, 0.25) is 0 Å². The smallest absolute Gasteiger partial charge is 0.349 e. The van der Waals surface area contributed by atoms with E-state index in [0.29, 0.717) is 5.75 Å². The molecule has 0 amide bonds. The molecule has 0 radical (unpaired) electrons. The normalized spacial score (nSPS) is 10.2.